The van der Waals surface area contributed by atoms with Gasteiger partial charge in [-0.25, -0.2) is 4.98 Å². The lowest BCUT2D eigenvalue weighted by molar-refractivity contribution is -0.127. The van der Waals surface area contributed by atoms with Gasteiger partial charge in [-0.1, -0.05) is 6.07 Å². The van der Waals surface area contributed by atoms with E-state index in [4.69, 9.17) is 4.74 Å². The minimum absolute atomic E-state index is 0. The molecule has 2 heterocycles. The van der Waals surface area contributed by atoms with Crippen molar-refractivity contribution in [3.63, 3.8) is 0 Å². The Morgan fingerprint density at radius 3 is 2.91 bits per heavy atom. The number of aromatic nitrogens is 1. The molecule has 1 aliphatic heterocycles. The lowest BCUT2D eigenvalue weighted by Crippen LogP contribution is -2.44. The fraction of sp³-hybridized carbons (Fsp3) is 0.533. The Kier molecular flexibility index (Phi) is 8.07. The molecule has 1 atom stereocenters. The molecule has 0 bridgehead atoms. The first-order chi connectivity index (χ1) is 10.6. The minimum atomic E-state index is 0. The molecule has 23 heavy (non-hydrogen) atoms. The van der Waals surface area contributed by atoms with Crippen LogP contribution in [0.3, 0.4) is 0 Å². The van der Waals surface area contributed by atoms with Gasteiger partial charge in [0, 0.05) is 46.4 Å². The van der Waals surface area contributed by atoms with Crippen LogP contribution < -0.4 is 10.1 Å². The van der Waals surface area contributed by atoms with Crippen LogP contribution in [-0.4, -0.2) is 73.5 Å². The summed E-state index contributed by atoms with van der Waals surface area (Å²) in [6, 6.07) is 5.62. The van der Waals surface area contributed by atoms with Gasteiger partial charge >= 0.3 is 0 Å². The summed E-state index contributed by atoms with van der Waals surface area (Å²) in [6.45, 7) is 1.81. The van der Waals surface area contributed by atoms with Gasteiger partial charge in [-0.05, 0) is 6.07 Å². The molecule has 1 aliphatic rings. The van der Waals surface area contributed by atoms with Gasteiger partial charge in [0.15, 0.2) is 5.96 Å². The highest BCUT2D eigenvalue weighted by atomic mass is 127. The van der Waals surface area contributed by atoms with Crippen LogP contribution >= 0.6 is 24.0 Å². The quantitative estimate of drug-likeness (QED) is 0.433. The van der Waals surface area contributed by atoms with Crippen LogP contribution in [0.25, 0.3) is 0 Å². The van der Waals surface area contributed by atoms with Crippen LogP contribution in [0.4, 0.5) is 0 Å². The maximum atomic E-state index is 11.6. The van der Waals surface area contributed by atoms with Crippen LogP contribution in [0.5, 0.6) is 5.88 Å². The predicted molar refractivity (Wildman–Crippen MR) is 100 cm³/mol. The molecular weight excluding hydrogens is 409 g/mol. The average molecular weight is 433 g/mol. The lowest BCUT2D eigenvalue weighted by Gasteiger charge is -2.22. The molecule has 1 aromatic rings. The van der Waals surface area contributed by atoms with Crippen molar-refractivity contribution in [3.05, 3.63) is 24.4 Å². The molecule has 1 N–H and O–H groups in total. The summed E-state index contributed by atoms with van der Waals surface area (Å²) >= 11 is 0. The number of rotatable bonds is 4. The summed E-state index contributed by atoms with van der Waals surface area (Å²) < 4.78 is 5.85. The number of carbonyl (C=O) groups excluding carboxylic acids is 1. The van der Waals surface area contributed by atoms with E-state index in [1.165, 1.54) is 0 Å². The zero-order chi connectivity index (χ0) is 15.9. The second-order valence-corrected chi connectivity index (χ2v) is 5.33. The Morgan fingerprint density at radius 2 is 2.30 bits per heavy atom. The van der Waals surface area contributed by atoms with E-state index in [-0.39, 0.29) is 42.5 Å². The summed E-state index contributed by atoms with van der Waals surface area (Å²) in [4.78, 5) is 23.7. The first kappa shape index (κ1) is 19.5. The molecule has 0 saturated carbocycles. The van der Waals surface area contributed by atoms with Gasteiger partial charge in [0.1, 0.15) is 6.10 Å². The van der Waals surface area contributed by atoms with Gasteiger partial charge in [0.2, 0.25) is 11.8 Å². The standard InChI is InChI=1S/C15H23N5O2.HI/c1-16-15(18-10-14(21)19(2)3)20-9-7-12(11-20)22-13-6-4-5-8-17-13;/h4-6,8,12H,7,9-11H2,1-3H3,(H,16,18);1H. The Morgan fingerprint density at radius 1 is 1.52 bits per heavy atom. The first-order valence-electron chi connectivity index (χ1n) is 7.33. The fourth-order valence-corrected chi connectivity index (χ4v) is 2.25. The fourth-order valence-electron chi connectivity index (χ4n) is 2.25. The topological polar surface area (TPSA) is 70.1 Å². The highest BCUT2D eigenvalue weighted by Gasteiger charge is 2.26. The van der Waals surface area contributed by atoms with Crippen molar-refractivity contribution in [2.45, 2.75) is 12.5 Å². The molecule has 1 saturated heterocycles. The van der Waals surface area contributed by atoms with Crippen LogP contribution in [0.15, 0.2) is 29.4 Å². The van der Waals surface area contributed by atoms with Crippen LogP contribution in [0.1, 0.15) is 6.42 Å². The number of nitrogens with one attached hydrogen (secondary N) is 1. The average Bonchev–Trinajstić information content (AvgIpc) is 2.97. The van der Waals surface area contributed by atoms with E-state index >= 15 is 0 Å². The molecule has 0 aromatic carbocycles. The van der Waals surface area contributed by atoms with Gasteiger partial charge < -0.3 is 19.9 Å². The molecule has 2 rings (SSSR count). The highest BCUT2D eigenvalue weighted by molar-refractivity contribution is 14.0. The number of likely N-dealkylation sites (tertiary alicyclic amines) is 1. The summed E-state index contributed by atoms with van der Waals surface area (Å²) in [5.41, 5.74) is 0. The van der Waals surface area contributed by atoms with Crippen molar-refractivity contribution in [1.82, 2.24) is 20.1 Å². The number of guanidine groups is 1. The number of halogens is 1. The zero-order valence-electron chi connectivity index (χ0n) is 13.7. The molecule has 1 unspecified atom stereocenters. The van der Waals surface area contributed by atoms with Crippen LogP contribution in [0, 0.1) is 0 Å². The summed E-state index contributed by atoms with van der Waals surface area (Å²) in [5, 5.41) is 3.09. The third kappa shape index (κ3) is 5.85. The molecule has 0 spiro atoms. The number of aliphatic imine (C=N–C) groups is 1. The molecule has 128 valence electrons. The normalized spacial score (nSPS) is 17.4. The van der Waals surface area contributed by atoms with E-state index in [1.807, 2.05) is 18.2 Å². The van der Waals surface area contributed by atoms with Gasteiger partial charge in [-0.15, -0.1) is 24.0 Å². The number of ether oxygens (including phenoxy) is 1. The first-order valence-corrected chi connectivity index (χ1v) is 7.33. The minimum Gasteiger partial charge on any atom is -0.472 e. The monoisotopic (exact) mass is 433 g/mol. The molecule has 1 amide bonds. The van der Waals surface area contributed by atoms with Crippen molar-refractivity contribution in [3.8, 4) is 5.88 Å². The largest absolute Gasteiger partial charge is 0.472 e. The number of likely N-dealkylation sites (N-methyl/N-ethyl adjacent to an activating group) is 1. The molecule has 8 heteroatoms. The van der Waals surface area contributed by atoms with Crippen molar-refractivity contribution >= 4 is 35.8 Å². The maximum Gasteiger partial charge on any atom is 0.241 e. The number of hydrogen-bond donors (Lipinski definition) is 1. The number of amides is 1. The number of carbonyl (C=O) groups is 1. The molecule has 1 aromatic heterocycles. The third-order valence-corrected chi connectivity index (χ3v) is 3.48. The van der Waals surface area contributed by atoms with E-state index < -0.39 is 0 Å². The van der Waals surface area contributed by atoms with Crippen molar-refractivity contribution in [2.75, 3.05) is 40.8 Å². The molecule has 1 fully saturated rings. The predicted octanol–water partition coefficient (Wildman–Crippen LogP) is 0.816. The van der Waals surface area contributed by atoms with E-state index in [1.54, 1.807) is 32.2 Å². The van der Waals surface area contributed by atoms with E-state index in [0.29, 0.717) is 5.88 Å². The highest BCUT2D eigenvalue weighted by Crippen LogP contribution is 2.16. The van der Waals surface area contributed by atoms with Gasteiger partial charge in [0.05, 0.1) is 13.1 Å². The van der Waals surface area contributed by atoms with Crippen molar-refractivity contribution in [1.29, 1.82) is 0 Å². The third-order valence-electron chi connectivity index (χ3n) is 3.48. The number of hydrogen-bond acceptors (Lipinski definition) is 4. The lowest BCUT2D eigenvalue weighted by atomic mass is 10.3. The molecule has 0 aliphatic carbocycles. The van der Waals surface area contributed by atoms with Crippen LogP contribution in [0.2, 0.25) is 0 Å². The zero-order valence-corrected chi connectivity index (χ0v) is 16.1. The van der Waals surface area contributed by atoms with Gasteiger partial charge in [-0.2, -0.15) is 0 Å². The summed E-state index contributed by atoms with van der Waals surface area (Å²) in [7, 11) is 5.19. The Hall–Kier alpha value is -1.58. The number of nitrogens with zero attached hydrogens (tertiary/aromatic N) is 4. The smallest absolute Gasteiger partial charge is 0.241 e. The van der Waals surface area contributed by atoms with Crippen molar-refractivity contribution < 1.29 is 9.53 Å². The summed E-state index contributed by atoms with van der Waals surface area (Å²) in [6.07, 6.45) is 2.70. The molecule has 0 radical (unpaired) electrons. The Bertz CT molecular complexity index is 524. The number of pyridine rings is 1. The van der Waals surface area contributed by atoms with E-state index in [0.717, 1.165) is 25.5 Å². The molecule has 7 nitrogen and oxygen atoms in total. The molecular formula is C15H24IN5O2. The maximum absolute atomic E-state index is 11.6. The van der Waals surface area contributed by atoms with Crippen molar-refractivity contribution in [2.24, 2.45) is 4.99 Å². The Labute approximate surface area is 154 Å². The second kappa shape index (κ2) is 9.53. The van der Waals surface area contributed by atoms with Gasteiger partial charge in [-0.3, -0.25) is 9.79 Å². The van der Waals surface area contributed by atoms with E-state index in [2.05, 4.69) is 20.2 Å². The van der Waals surface area contributed by atoms with E-state index in [9.17, 15) is 4.79 Å². The SMILES string of the molecule is CN=C(NCC(=O)N(C)C)N1CCC(Oc2ccccn2)C1.I. The Balaban J connectivity index is 0.00000264. The van der Waals surface area contributed by atoms with Gasteiger partial charge in [0.25, 0.3) is 0 Å². The van der Waals surface area contributed by atoms with Crippen LogP contribution in [-0.2, 0) is 4.79 Å². The summed E-state index contributed by atoms with van der Waals surface area (Å²) in [5.74, 6) is 1.38. The second-order valence-electron chi connectivity index (χ2n) is 5.33.